The molecule has 16 heavy (non-hydrogen) atoms. The number of hydrogen-bond donors (Lipinski definition) is 1. The van der Waals surface area contributed by atoms with Gasteiger partial charge in [-0.2, -0.15) is 0 Å². The van der Waals surface area contributed by atoms with Crippen LogP contribution < -0.4 is 5.32 Å². The lowest BCUT2D eigenvalue weighted by atomic mass is 9.97. The van der Waals surface area contributed by atoms with Gasteiger partial charge in [-0.05, 0) is 25.2 Å². The molecule has 1 aromatic rings. The molecule has 2 heterocycles. The zero-order chi connectivity index (χ0) is 11.2. The van der Waals surface area contributed by atoms with Gasteiger partial charge in [-0.25, -0.2) is 0 Å². The zero-order valence-electron chi connectivity index (χ0n) is 9.02. The Morgan fingerprint density at radius 3 is 3.31 bits per heavy atom. The highest BCUT2D eigenvalue weighted by Crippen LogP contribution is 2.19. The van der Waals surface area contributed by atoms with Crippen LogP contribution in [0.2, 0.25) is 0 Å². The van der Waals surface area contributed by atoms with Crippen molar-refractivity contribution in [2.75, 3.05) is 18.5 Å². The van der Waals surface area contributed by atoms with Crippen LogP contribution in [-0.2, 0) is 9.53 Å². The second kappa shape index (κ2) is 5.91. The van der Waals surface area contributed by atoms with Crippen molar-refractivity contribution in [3.8, 4) is 0 Å². The van der Waals surface area contributed by atoms with Gasteiger partial charge in [0.15, 0.2) is 0 Å². The Morgan fingerprint density at radius 2 is 2.62 bits per heavy atom. The van der Waals surface area contributed by atoms with Gasteiger partial charge in [0.1, 0.15) is 5.00 Å². The van der Waals surface area contributed by atoms with E-state index in [9.17, 15) is 4.79 Å². The van der Waals surface area contributed by atoms with Crippen molar-refractivity contribution >= 4 is 22.4 Å². The molecule has 1 amide bonds. The molecule has 88 valence electrons. The van der Waals surface area contributed by atoms with Crippen LogP contribution >= 0.6 is 11.5 Å². The number of hydrogen-bond acceptors (Lipinski definition) is 5. The van der Waals surface area contributed by atoms with E-state index in [1.807, 2.05) is 0 Å². The molecule has 1 N–H and O–H groups in total. The van der Waals surface area contributed by atoms with E-state index in [-0.39, 0.29) is 5.91 Å². The third-order valence-electron chi connectivity index (χ3n) is 2.66. The molecule has 5 nitrogen and oxygen atoms in total. The number of ether oxygens (including phenoxy) is 1. The molecule has 0 aliphatic carbocycles. The van der Waals surface area contributed by atoms with Crippen LogP contribution in [0.15, 0.2) is 6.20 Å². The van der Waals surface area contributed by atoms with Crippen LogP contribution in [-0.4, -0.2) is 28.7 Å². The van der Waals surface area contributed by atoms with E-state index in [1.54, 1.807) is 6.20 Å². The molecule has 1 aliphatic heterocycles. The summed E-state index contributed by atoms with van der Waals surface area (Å²) in [5, 5.41) is 7.15. The van der Waals surface area contributed by atoms with E-state index < -0.39 is 0 Å². The molecule has 0 unspecified atom stereocenters. The predicted molar refractivity (Wildman–Crippen MR) is 61.3 cm³/mol. The maximum atomic E-state index is 11.6. The summed E-state index contributed by atoms with van der Waals surface area (Å²) in [7, 11) is 0. The lowest BCUT2D eigenvalue weighted by Gasteiger charge is -2.21. The predicted octanol–water partition coefficient (Wildman–Crippen LogP) is 1.68. The largest absolute Gasteiger partial charge is 0.381 e. The summed E-state index contributed by atoms with van der Waals surface area (Å²) in [4.78, 5) is 11.6. The van der Waals surface area contributed by atoms with Gasteiger partial charge in [0.2, 0.25) is 5.91 Å². The van der Waals surface area contributed by atoms with Crippen molar-refractivity contribution in [1.82, 2.24) is 9.59 Å². The molecule has 2 rings (SSSR count). The molecule has 1 aliphatic rings. The van der Waals surface area contributed by atoms with Crippen LogP contribution in [0.4, 0.5) is 5.00 Å². The van der Waals surface area contributed by atoms with Crippen molar-refractivity contribution in [2.45, 2.75) is 25.7 Å². The second-order valence-electron chi connectivity index (χ2n) is 3.95. The van der Waals surface area contributed by atoms with E-state index in [0.29, 0.717) is 17.3 Å². The number of nitrogens with one attached hydrogen (secondary N) is 1. The third-order valence-corrected chi connectivity index (χ3v) is 3.24. The van der Waals surface area contributed by atoms with Crippen molar-refractivity contribution in [2.24, 2.45) is 5.92 Å². The van der Waals surface area contributed by atoms with E-state index in [2.05, 4.69) is 14.9 Å². The maximum absolute atomic E-state index is 11.6. The van der Waals surface area contributed by atoms with E-state index in [4.69, 9.17) is 4.74 Å². The smallest absolute Gasteiger partial charge is 0.225 e. The number of aromatic nitrogens is 2. The first-order valence-electron chi connectivity index (χ1n) is 5.49. The molecule has 0 bridgehead atoms. The Kier molecular flexibility index (Phi) is 4.24. The Bertz CT molecular complexity index is 323. The highest BCUT2D eigenvalue weighted by atomic mass is 32.1. The SMILES string of the molecule is O=C(CC[C@H]1CCCOC1)Nc1cnns1. The number of nitrogens with zero attached hydrogens (tertiary/aromatic N) is 2. The molecule has 0 saturated carbocycles. The summed E-state index contributed by atoms with van der Waals surface area (Å²) >= 11 is 1.19. The Balaban J connectivity index is 1.67. The highest BCUT2D eigenvalue weighted by Gasteiger charge is 2.15. The van der Waals surface area contributed by atoms with Gasteiger partial charge in [0.25, 0.3) is 0 Å². The number of rotatable bonds is 4. The van der Waals surface area contributed by atoms with Gasteiger partial charge in [-0.15, -0.1) is 5.10 Å². The van der Waals surface area contributed by atoms with Crippen molar-refractivity contribution in [3.63, 3.8) is 0 Å². The lowest BCUT2D eigenvalue weighted by Crippen LogP contribution is -2.19. The van der Waals surface area contributed by atoms with Crippen LogP contribution in [0.5, 0.6) is 0 Å². The van der Waals surface area contributed by atoms with E-state index in [0.717, 1.165) is 26.1 Å². The first-order valence-corrected chi connectivity index (χ1v) is 6.27. The summed E-state index contributed by atoms with van der Waals surface area (Å²) in [6.45, 7) is 1.67. The quantitative estimate of drug-likeness (QED) is 0.871. The van der Waals surface area contributed by atoms with Crippen LogP contribution in [0.1, 0.15) is 25.7 Å². The van der Waals surface area contributed by atoms with Gasteiger partial charge < -0.3 is 10.1 Å². The van der Waals surface area contributed by atoms with Gasteiger partial charge in [0, 0.05) is 31.2 Å². The fourth-order valence-electron chi connectivity index (χ4n) is 1.79. The highest BCUT2D eigenvalue weighted by molar-refractivity contribution is 7.10. The molecule has 6 heteroatoms. The minimum atomic E-state index is 0.0385. The van der Waals surface area contributed by atoms with Gasteiger partial charge >= 0.3 is 0 Å². The molecule has 1 atom stereocenters. The maximum Gasteiger partial charge on any atom is 0.225 e. The first-order chi connectivity index (χ1) is 7.84. The summed E-state index contributed by atoms with van der Waals surface area (Å²) in [6, 6.07) is 0. The van der Waals surface area contributed by atoms with Crippen molar-refractivity contribution in [3.05, 3.63) is 6.20 Å². The standard InChI is InChI=1S/C10H15N3O2S/c14-9(12-10-6-11-13-16-10)4-3-8-2-1-5-15-7-8/h6,8H,1-5,7H2,(H,12,14)/t8-/m1/s1. The second-order valence-corrected chi connectivity index (χ2v) is 4.74. The first kappa shape index (κ1) is 11.5. The fraction of sp³-hybridized carbons (Fsp3) is 0.700. The third kappa shape index (κ3) is 3.53. The molecular formula is C10H15N3O2S. The molecule has 0 aromatic carbocycles. The Labute approximate surface area is 98.4 Å². The topological polar surface area (TPSA) is 64.1 Å². The van der Waals surface area contributed by atoms with Crippen LogP contribution in [0, 0.1) is 5.92 Å². The minimum Gasteiger partial charge on any atom is -0.381 e. The van der Waals surface area contributed by atoms with Crippen molar-refractivity contribution < 1.29 is 9.53 Å². The number of anilines is 1. The van der Waals surface area contributed by atoms with Crippen LogP contribution in [0.25, 0.3) is 0 Å². The average molecular weight is 241 g/mol. The zero-order valence-corrected chi connectivity index (χ0v) is 9.83. The molecule has 0 spiro atoms. The number of carbonyl (C=O) groups is 1. The summed E-state index contributed by atoms with van der Waals surface area (Å²) in [5.74, 6) is 0.579. The summed E-state index contributed by atoms with van der Waals surface area (Å²) < 4.78 is 9.05. The van der Waals surface area contributed by atoms with Crippen LogP contribution in [0.3, 0.4) is 0 Å². The van der Waals surface area contributed by atoms with Gasteiger partial charge in [-0.3, -0.25) is 4.79 Å². The molecular weight excluding hydrogens is 226 g/mol. The Morgan fingerprint density at radius 1 is 1.69 bits per heavy atom. The minimum absolute atomic E-state index is 0.0385. The molecule has 1 fully saturated rings. The lowest BCUT2D eigenvalue weighted by molar-refractivity contribution is -0.116. The van der Waals surface area contributed by atoms with E-state index in [1.165, 1.54) is 18.0 Å². The van der Waals surface area contributed by atoms with Crippen molar-refractivity contribution in [1.29, 1.82) is 0 Å². The molecule has 1 aromatic heterocycles. The van der Waals surface area contributed by atoms with E-state index >= 15 is 0 Å². The normalized spacial score (nSPS) is 20.6. The fourth-order valence-corrected chi connectivity index (χ4v) is 2.23. The number of carbonyl (C=O) groups excluding carboxylic acids is 1. The molecule has 1 saturated heterocycles. The monoisotopic (exact) mass is 241 g/mol. The summed E-state index contributed by atoms with van der Waals surface area (Å²) in [5.41, 5.74) is 0. The van der Waals surface area contributed by atoms with Gasteiger partial charge in [0.05, 0.1) is 6.20 Å². The molecule has 0 radical (unpaired) electrons. The summed E-state index contributed by atoms with van der Waals surface area (Å²) in [6.07, 6.45) is 5.30. The number of amides is 1. The van der Waals surface area contributed by atoms with Gasteiger partial charge in [-0.1, -0.05) is 4.49 Å². The Hall–Kier alpha value is -1.01. The average Bonchev–Trinajstić information content (AvgIpc) is 2.81.